The van der Waals surface area contributed by atoms with Gasteiger partial charge < -0.3 is 111 Å². The molecule has 0 bridgehead atoms. The number of aromatic hydroxyl groups is 5. The molecule has 10 aromatic carbocycles. The molecule has 10 aromatic rings. The number of hydrogen-bond acceptors (Lipinski definition) is 22. The Kier molecular flexibility index (Phi) is 36.0. The molecule has 0 saturated heterocycles. The molecule has 5 amide bonds. The van der Waals surface area contributed by atoms with Gasteiger partial charge in [-0.3, -0.25) is 24.0 Å². The third kappa shape index (κ3) is 31.3. The lowest BCUT2D eigenvalue weighted by molar-refractivity contribution is -0.119. The number of aliphatic hydroxyl groups excluding tert-OH is 5. The van der Waals surface area contributed by atoms with Crippen molar-refractivity contribution in [3.8, 4) is 69.0 Å². The Morgan fingerprint density at radius 2 is 0.557 bits per heavy atom. The van der Waals surface area contributed by atoms with E-state index < -0.39 is 53.8 Å². The van der Waals surface area contributed by atoms with E-state index in [9.17, 15) is 97.0 Å². The van der Waals surface area contributed by atoms with Crippen molar-refractivity contribution in [3.63, 3.8) is 0 Å². The third-order valence-corrected chi connectivity index (χ3v) is 24.5. The predicted octanol–water partition coefficient (Wildman–Crippen LogP) is 20.1. The van der Waals surface area contributed by atoms with Crippen LogP contribution in [-0.4, -0.2) is 127 Å². The van der Waals surface area contributed by atoms with Gasteiger partial charge in [-0.05, 0) is 243 Å². The van der Waals surface area contributed by atoms with Crippen molar-refractivity contribution in [2.45, 2.75) is 203 Å². The highest BCUT2D eigenvalue weighted by Crippen LogP contribution is 2.49. The summed E-state index contributed by atoms with van der Waals surface area (Å²) < 4.78 is 105. The summed E-state index contributed by atoms with van der Waals surface area (Å²) in [5, 5.41) is 116. The highest BCUT2D eigenvalue weighted by Gasteiger charge is 2.35. The number of ether oxygens (including phenoxy) is 7. The van der Waals surface area contributed by atoms with Crippen LogP contribution in [0, 0.1) is 56.2 Å². The average molecular weight is 1940 g/mol. The molecule has 750 valence electrons. The van der Waals surface area contributed by atoms with E-state index in [4.69, 9.17) is 33.2 Å². The first kappa shape index (κ1) is 107. The molecule has 0 spiro atoms. The van der Waals surface area contributed by atoms with Crippen LogP contribution in [0.1, 0.15) is 227 Å². The van der Waals surface area contributed by atoms with E-state index in [1.54, 1.807) is 19.2 Å². The van der Waals surface area contributed by atoms with Gasteiger partial charge in [0.15, 0.2) is 33.0 Å². The van der Waals surface area contributed by atoms with E-state index in [1.165, 1.54) is 108 Å². The first-order valence-electron chi connectivity index (χ1n) is 46.4. The fourth-order valence-corrected chi connectivity index (χ4v) is 17.5. The van der Waals surface area contributed by atoms with E-state index in [-0.39, 0.29) is 124 Å². The molecule has 5 aliphatic rings. The topological polar surface area (TPSA) is 412 Å². The molecule has 0 radical (unpaired) electrons. The maximum Gasteiger partial charge on any atom is 0.262 e. The van der Waals surface area contributed by atoms with Gasteiger partial charge in [-0.25, -0.2) is 22.0 Å². The van der Waals surface area contributed by atoms with Crippen LogP contribution in [0.4, 0.5) is 50.4 Å². The van der Waals surface area contributed by atoms with Crippen molar-refractivity contribution in [2.75, 3.05) is 73.3 Å². The summed E-state index contributed by atoms with van der Waals surface area (Å²) in [6, 6.07) is 43.8. The number of phenols is 5. The lowest BCUT2D eigenvalue weighted by Gasteiger charge is -2.28. The van der Waals surface area contributed by atoms with Crippen LogP contribution in [0.15, 0.2) is 170 Å². The summed E-state index contributed by atoms with van der Waals surface area (Å²) in [4.78, 5) is 57.4. The van der Waals surface area contributed by atoms with Gasteiger partial charge in [-0.15, -0.1) is 0 Å². The van der Waals surface area contributed by atoms with Crippen LogP contribution in [0.5, 0.6) is 69.0 Å². The number of methoxy groups -OCH3 is 1. The number of anilines is 5. The van der Waals surface area contributed by atoms with Gasteiger partial charge in [0.2, 0.25) is 0 Å². The van der Waals surface area contributed by atoms with Crippen molar-refractivity contribution in [1.29, 1.82) is 0 Å². The Bertz CT molecular complexity index is 6000. The summed E-state index contributed by atoms with van der Waals surface area (Å²) in [5.74, 6) is -0.822. The lowest BCUT2D eigenvalue weighted by atomic mass is 9.80. The first-order chi connectivity index (χ1) is 66.0. The van der Waals surface area contributed by atoms with E-state index >= 15 is 0 Å². The first-order valence-corrected chi connectivity index (χ1v) is 46.4. The SMILES string of the molecule is CC(C)(CCC(O)c1cc(O)cc2c1OCC(=O)N2)Cc1cc(F)cc(F)c1.CC(C)(CCC(O)c1cc(O)cc2c1OCC(=O)N2)Cc1ccc(F)cc1.CC(C)(CCC(O)c1cc(O)cc2c1OCC(=O)N2)Cc1ccc(F)cc1F.CCOc1ccc(CC(C)(C)CCC(O)c2cc(O)cc3c2OCC(=O)N3)cc1.COc1ccc(CC(C)(C)CCC(O)c2cc(O)cc3c2OCC(=O)N3)cc1. The van der Waals surface area contributed by atoms with Crippen molar-refractivity contribution in [1.82, 2.24) is 0 Å². The summed E-state index contributed by atoms with van der Waals surface area (Å²) in [5.41, 5.74) is 7.61. The van der Waals surface area contributed by atoms with Crippen LogP contribution in [-0.2, 0) is 56.1 Å². The Hall–Kier alpha value is -13.4. The number of nitrogens with one attached hydrogen (secondary N) is 5. The maximum atomic E-state index is 13.9. The second-order valence-electron chi connectivity index (χ2n) is 39.8. The Labute approximate surface area is 811 Å². The zero-order chi connectivity index (χ0) is 102. The minimum absolute atomic E-state index is 0.0164. The van der Waals surface area contributed by atoms with E-state index in [1.807, 2.05) is 58.9 Å². The molecule has 0 aliphatic carbocycles. The number of amides is 5. The molecule has 5 atom stereocenters. The van der Waals surface area contributed by atoms with E-state index in [0.717, 1.165) is 61.3 Å². The van der Waals surface area contributed by atoms with Gasteiger partial charge >= 0.3 is 0 Å². The molecule has 5 unspecified atom stereocenters. The summed E-state index contributed by atoms with van der Waals surface area (Å²) in [7, 11) is 1.65. The minimum Gasteiger partial charge on any atom is -0.508 e. The lowest BCUT2D eigenvalue weighted by Crippen LogP contribution is -2.26. The average Bonchev–Trinajstić information content (AvgIpc) is 0.807. The number of aliphatic hydroxyl groups is 5. The quantitative estimate of drug-likeness (QED) is 0.0170. The summed E-state index contributed by atoms with van der Waals surface area (Å²) in [6.07, 6.45) is 4.54. The highest BCUT2D eigenvalue weighted by atomic mass is 19.1. The molecule has 0 aromatic heterocycles. The smallest absolute Gasteiger partial charge is 0.262 e. The molecular weight excluding hydrogens is 1810 g/mol. The van der Waals surface area contributed by atoms with Crippen LogP contribution >= 0.6 is 0 Å². The van der Waals surface area contributed by atoms with Crippen molar-refractivity contribution >= 4 is 58.0 Å². The van der Waals surface area contributed by atoms with Gasteiger partial charge in [0.25, 0.3) is 29.5 Å². The normalized spacial score (nSPS) is 14.7. The summed E-state index contributed by atoms with van der Waals surface area (Å²) >= 11 is 0. The van der Waals surface area contributed by atoms with Gasteiger partial charge in [0.1, 0.15) is 98.1 Å². The molecule has 0 fully saturated rings. The van der Waals surface area contributed by atoms with Crippen LogP contribution in [0.25, 0.3) is 0 Å². The number of benzene rings is 10. The van der Waals surface area contributed by atoms with Crippen LogP contribution in [0.2, 0.25) is 0 Å². The molecule has 0 saturated carbocycles. The number of rotatable bonds is 33. The fourth-order valence-electron chi connectivity index (χ4n) is 17.5. The number of carbonyl (C=O) groups is 5. The highest BCUT2D eigenvalue weighted by molar-refractivity contribution is 5.99. The molecule has 5 heterocycles. The third-order valence-electron chi connectivity index (χ3n) is 24.5. The number of carbonyl (C=O) groups excluding carboxylic acids is 5. The van der Waals surface area contributed by atoms with Crippen LogP contribution < -0.4 is 59.7 Å². The van der Waals surface area contributed by atoms with Crippen molar-refractivity contribution in [3.05, 3.63) is 255 Å². The molecule has 140 heavy (non-hydrogen) atoms. The molecule has 27 nitrogen and oxygen atoms in total. The molecule has 5 aliphatic heterocycles. The van der Waals surface area contributed by atoms with Crippen LogP contribution in [0.3, 0.4) is 0 Å². The second kappa shape index (κ2) is 47.0. The number of halogens is 5. The van der Waals surface area contributed by atoms with E-state index in [0.29, 0.717) is 167 Å². The molecule has 32 heteroatoms. The molecule has 15 rings (SSSR count). The van der Waals surface area contributed by atoms with Gasteiger partial charge in [-0.2, -0.15) is 0 Å². The maximum absolute atomic E-state index is 13.9. The standard InChI is InChI=1S/C23H29NO5.C22H27NO5.2C21H23F2NO4.C21H24FNO4/c1-4-28-17-7-5-15(6-8-17)13-23(2,3)10-9-20(26)18-11-16(25)12-19-22(18)29-14-21(27)24-19;1-22(2,12-14-4-6-16(27-3)7-5-14)9-8-19(25)17-10-15(24)11-18-21(17)28-13-20(26)23-18;1-21(2,10-12-5-13(22)7-14(23)6-12)4-3-18(26)16-8-15(25)9-17-20(16)28-11-19(27)24-17;1-21(2,10-12-3-4-13(22)7-16(12)23)6-5-18(26)15-8-14(25)9-17-20(15)28-11-19(27)24-17;1-21(2,11-13-3-5-14(22)6-4-13)8-7-18(25)16-9-15(24)10-17-20(16)27-12-19(26)23-17/h5-8,11-12,20,25-26H,4,9-10,13-14H2,1-3H3,(H,24,27);4-7,10-11,19,24-25H,8-9,12-13H2,1-3H3,(H,23,26);5-9,18,25-26H,3-4,10-11H2,1-2H3,(H,24,27);3-4,7-9,18,25-26H,5-6,10-11H2,1-2H3,(H,24,27);3-6,9-10,18,24-25H,7-8,11-12H2,1-2H3,(H,23,26). The Morgan fingerprint density at radius 3 is 0.821 bits per heavy atom. The number of phenolic OH excluding ortho intramolecular Hbond substituents is 5. The minimum atomic E-state index is -0.937. The molecule has 15 N–H and O–H groups in total. The number of fused-ring (bicyclic) bond motifs is 5. The monoisotopic (exact) mass is 1940 g/mol. The summed E-state index contributed by atoms with van der Waals surface area (Å²) in [6.45, 7) is 22.6. The zero-order valence-electron chi connectivity index (χ0n) is 80.7. The Morgan fingerprint density at radius 1 is 0.307 bits per heavy atom. The molecular formula is C108H126F5N5O22. The van der Waals surface area contributed by atoms with Crippen molar-refractivity contribution in [2.24, 2.45) is 27.1 Å². The van der Waals surface area contributed by atoms with Gasteiger partial charge in [0.05, 0.1) is 72.7 Å². The van der Waals surface area contributed by atoms with Gasteiger partial charge in [0, 0.05) is 70.3 Å². The zero-order valence-corrected chi connectivity index (χ0v) is 80.7. The van der Waals surface area contributed by atoms with E-state index in [2.05, 4.69) is 92.4 Å². The second-order valence-corrected chi connectivity index (χ2v) is 39.8. The number of hydrogen-bond donors (Lipinski definition) is 15. The van der Waals surface area contributed by atoms with Crippen molar-refractivity contribution < 1.29 is 130 Å². The van der Waals surface area contributed by atoms with Gasteiger partial charge in [-0.1, -0.05) is 112 Å². The largest absolute Gasteiger partial charge is 0.508 e. The Balaban J connectivity index is 0.000000167. The fraction of sp³-hybridized carbons (Fsp3) is 0.398. The predicted molar refractivity (Wildman–Crippen MR) is 519 cm³/mol.